The van der Waals surface area contributed by atoms with E-state index < -0.39 is 0 Å². The fourth-order valence-corrected chi connectivity index (χ4v) is 0.615. The molecule has 0 saturated carbocycles. The maximum Gasteiger partial charge on any atom is 0.250 e. The number of nitrogens with zero attached hydrogens (tertiary/aromatic N) is 1. The van der Waals surface area contributed by atoms with E-state index >= 15 is 0 Å². The number of halogens is 1. The number of hydrogen-bond acceptors (Lipinski definition) is 2. The summed E-state index contributed by atoms with van der Waals surface area (Å²) in [4.78, 5) is 10.7. The molecule has 1 aromatic rings. The first-order valence-electron chi connectivity index (χ1n) is 2.62. The highest BCUT2D eigenvalue weighted by Gasteiger charge is 1.86. The predicted molar refractivity (Wildman–Crippen MR) is 43.3 cm³/mol. The van der Waals surface area contributed by atoms with Crippen LogP contribution in [0.25, 0.3) is 0 Å². The molecule has 4 heteroatoms. The van der Waals surface area contributed by atoms with Gasteiger partial charge in [0.25, 0.3) is 0 Å². The summed E-state index contributed by atoms with van der Waals surface area (Å²) < 4.78 is 1.44. The monoisotopic (exact) mass is 160 g/mol. The first-order chi connectivity index (χ1) is 4.20. The summed E-state index contributed by atoms with van der Waals surface area (Å²) >= 11 is 0. The first-order valence-corrected chi connectivity index (χ1v) is 2.62. The van der Waals surface area contributed by atoms with Crippen molar-refractivity contribution in [2.24, 2.45) is 7.05 Å². The molecule has 1 aromatic heterocycles. The number of anilines is 1. The first kappa shape index (κ1) is 9.04. The molecule has 1 rings (SSSR count). The third-order valence-corrected chi connectivity index (χ3v) is 1.11. The van der Waals surface area contributed by atoms with Crippen molar-refractivity contribution in [3.8, 4) is 0 Å². The van der Waals surface area contributed by atoms with Gasteiger partial charge < -0.3 is 10.3 Å². The van der Waals surface area contributed by atoms with Crippen LogP contribution in [0.3, 0.4) is 0 Å². The predicted octanol–water partition coefficient (Wildman–Crippen LogP) is 0.389. The van der Waals surface area contributed by atoms with Gasteiger partial charge in [0.05, 0.1) is 0 Å². The van der Waals surface area contributed by atoms with Crippen molar-refractivity contribution in [1.29, 1.82) is 0 Å². The average molecular weight is 161 g/mol. The molecule has 0 fully saturated rings. The molecule has 0 saturated heterocycles. The van der Waals surface area contributed by atoms with Gasteiger partial charge in [0, 0.05) is 25.0 Å². The van der Waals surface area contributed by atoms with Gasteiger partial charge in [-0.15, -0.1) is 12.4 Å². The van der Waals surface area contributed by atoms with Crippen LogP contribution in [0.4, 0.5) is 5.69 Å². The summed E-state index contributed by atoms with van der Waals surface area (Å²) in [6.45, 7) is 0. The number of nitrogens with two attached hydrogens (primary N) is 1. The molecule has 10 heavy (non-hydrogen) atoms. The number of aromatic nitrogens is 1. The highest BCUT2D eigenvalue weighted by Crippen LogP contribution is 1.92. The van der Waals surface area contributed by atoms with Crippen molar-refractivity contribution < 1.29 is 0 Å². The van der Waals surface area contributed by atoms with Crippen molar-refractivity contribution in [2.75, 3.05) is 5.73 Å². The van der Waals surface area contributed by atoms with Crippen LogP contribution in [0.1, 0.15) is 0 Å². The second-order valence-corrected chi connectivity index (χ2v) is 1.91. The van der Waals surface area contributed by atoms with Gasteiger partial charge >= 0.3 is 0 Å². The molecule has 0 aliphatic rings. The Balaban J connectivity index is 0.000000810. The van der Waals surface area contributed by atoms with E-state index in [0.29, 0.717) is 5.69 Å². The molecule has 1 heterocycles. The van der Waals surface area contributed by atoms with Gasteiger partial charge in [0.2, 0.25) is 5.56 Å². The van der Waals surface area contributed by atoms with Crippen LogP contribution in [0.15, 0.2) is 23.1 Å². The number of hydrogen-bond donors (Lipinski definition) is 1. The Morgan fingerprint density at radius 3 is 2.50 bits per heavy atom. The minimum Gasteiger partial charge on any atom is -0.398 e. The van der Waals surface area contributed by atoms with E-state index in [9.17, 15) is 4.79 Å². The van der Waals surface area contributed by atoms with Crippen LogP contribution in [0.5, 0.6) is 0 Å². The number of rotatable bonds is 0. The fourth-order valence-electron chi connectivity index (χ4n) is 0.615. The molecule has 3 nitrogen and oxygen atoms in total. The lowest BCUT2D eigenvalue weighted by Crippen LogP contribution is -2.14. The van der Waals surface area contributed by atoms with Gasteiger partial charge in [-0.3, -0.25) is 4.79 Å². The van der Waals surface area contributed by atoms with E-state index in [0.717, 1.165) is 0 Å². The second-order valence-electron chi connectivity index (χ2n) is 1.91. The van der Waals surface area contributed by atoms with Crippen molar-refractivity contribution in [1.82, 2.24) is 4.57 Å². The summed E-state index contributed by atoms with van der Waals surface area (Å²) in [5.74, 6) is 0. The number of nitrogen functional groups attached to an aromatic ring is 1. The van der Waals surface area contributed by atoms with Gasteiger partial charge in [-0.25, -0.2) is 0 Å². The maximum atomic E-state index is 10.7. The molecule has 0 aliphatic carbocycles. The van der Waals surface area contributed by atoms with E-state index in [1.807, 2.05) is 0 Å². The number of pyridine rings is 1. The summed E-state index contributed by atoms with van der Waals surface area (Å²) in [5, 5.41) is 0. The Labute approximate surface area is 64.9 Å². The van der Waals surface area contributed by atoms with E-state index in [1.54, 1.807) is 19.3 Å². The maximum absolute atomic E-state index is 10.7. The topological polar surface area (TPSA) is 48.0 Å². The van der Waals surface area contributed by atoms with Crippen LogP contribution < -0.4 is 11.3 Å². The minimum atomic E-state index is -0.0378. The van der Waals surface area contributed by atoms with Gasteiger partial charge in [0.15, 0.2) is 0 Å². The molecule has 0 aliphatic heterocycles. The third kappa shape index (κ3) is 1.77. The summed E-state index contributed by atoms with van der Waals surface area (Å²) in [6, 6.07) is 3.03. The third-order valence-electron chi connectivity index (χ3n) is 1.11. The van der Waals surface area contributed by atoms with Gasteiger partial charge in [0.1, 0.15) is 0 Å². The van der Waals surface area contributed by atoms with Crippen molar-refractivity contribution >= 4 is 18.1 Å². The Morgan fingerprint density at radius 2 is 2.10 bits per heavy atom. The summed E-state index contributed by atoms with van der Waals surface area (Å²) in [7, 11) is 1.67. The van der Waals surface area contributed by atoms with E-state index in [2.05, 4.69) is 0 Å². The average Bonchev–Trinajstić information content (AvgIpc) is 1.80. The van der Waals surface area contributed by atoms with Crippen LogP contribution in [0, 0.1) is 0 Å². The van der Waals surface area contributed by atoms with Crippen molar-refractivity contribution in [3.05, 3.63) is 28.7 Å². The zero-order chi connectivity index (χ0) is 6.85. The highest BCUT2D eigenvalue weighted by molar-refractivity contribution is 5.85. The molecule has 0 atom stereocenters. The zero-order valence-electron chi connectivity index (χ0n) is 5.57. The molecule has 0 unspecified atom stereocenters. The van der Waals surface area contributed by atoms with Crippen molar-refractivity contribution in [3.63, 3.8) is 0 Å². The normalized spacial score (nSPS) is 8.50. The lowest BCUT2D eigenvalue weighted by molar-refractivity contribution is 0.863. The zero-order valence-corrected chi connectivity index (χ0v) is 6.39. The summed E-state index contributed by atoms with van der Waals surface area (Å²) in [5.41, 5.74) is 5.94. The lowest BCUT2D eigenvalue weighted by atomic mass is 10.4. The van der Waals surface area contributed by atoms with E-state index in [1.165, 1.54) is 10.6 Å². The Kier molecular flexibility index (Phi) is 2.96. The van der Waals surface area contributed by atoms with Crippen molar-refractivity contribution in [2.45, 2.75) is 0 Å². The quantitative estimate of drug-likeness (QED) is 0.597. The van der Waals surface area contributed by atoms with Crippen LogP contribution in [-0.2, 0) is 7.05 Å². The van der Waals surface area contributed by atoms with Crippen LogP contribution in [-0.4, -0.2) is 4.57 Å². The Bertz CT molecular complexity index is 269. The lowest BCUT2D eigenvalue weighted by Gasteiger charge is -1.95. The smallest absolute Gasteiger partial charge is 0.250 e. The molecular weight excluding hydrogens is 152 g/mol. The minimum absolute atomic E-state index is 0. The second kappa shape index (κ2) is 3.27. The molecule has 0 amide bonds. The van der Waals surface area contributed by atoms with Crippen LogP contribution >= 0.6 is 12.4 Å². The molecule has 2 N–H and O–H groups in total. The fraction of sp³-hybridized carbons (Fsp3) is 0.167. The Hall–Kier alpha value is -0.960. The molecule has 0 bridgehead atoms. The van der Waals surface area contributed by atoms with E-state index in [4.69, 9.17) is 5.73 Å². The molecule has 0 radical (unpaired) electrons. The molecule has 0 aromatic carbocycles. The summed E-state index contributed by atoms with van der Waals surface area (Å²) in [6.07, 6.45) is 1.59. The standard InChI is InChI=1S/C6H8N2O.ClH/c1-8-4-5(7)2-3-6(8)9;/h2-4H,7H2,1H3;1H. The molecule has 56 valence electrons. The van der Waals surface area contributed by atoms with Gasteiger partial charge in [-0.05, 0) is 6.07 Å². The van der Waals surface area contributed by atoms with Gasteiger partial charge in [-0.1, -0.05) is 0 Å². The SMILES string of the molecule is Cl.Cn1cc(N)ccc1=O. The van der Waals surface area contributed by atoms with E-state index in [-0.39, 0.29) is 18.0 Å². The van der Waals surface area contributed by atoms with Gasteiger partial charge in [-0.2, -0.15) is 0 Å². The Morgan fingerprint density at radius 1 is 1.50 bits per heavy atom. The number of aryl methyl sites for hydroxylation is 1. The van der Waals surface area contributed by atoms with Crippen LogP contribution in [0.2, 0.25) is 0 Å². The molecular formula is C6H9ClN2O. The molecule has 0 spiro atoms. The highest BCUT2D eigenvalue weighted by atomic mass is 35.5. The largest absolute Gasteiger partial charge is 0.398 e.